The van der Waals surface area contributed by atoms with E-state index in [2.05, 4.69) is 16.8 Å². The number of ether oxygens (including phenoxy) is 1. The van der Waals surface area contributed by atoms with Gasteiger partial charge in [0.2, 0.25) is 10.0 Å². The summed E-state index contributed by atoms with van der Waals surface area (Å²) in [4.78, 5) is 14.0. The van der Waals surface area contributed by atoms with E-state index in [9.17, 15) is 13.2 Å². The Morgan fingerprint density at radius 2 is 2.00 bits per heavy atom. The predicted molar refractivity (Wildman–Crippen MR) is 123 cm³/mol. The number of hydrogen-bond donors (Lipinski definition) is 1. The largest absolute Gasteiger partial charge is 0.379 e. The zero-order chi connectivity index (χ0) is 21.8. The average molecular weight is 478 g/mol. The Morgan fingerprint density at radius 1 is 1.23 bits per heavy atom. The third kappa shape index (κ3) is 5.04. The van der Waals surface area contributed by atoms with Crippen molar-refractivity contribution >= 4 is 44.7 Å². The van der Waals surface area contributed by atoms with Crippen LogP contribution in [0.2, 0.25) is 0 Å². The molecule has 1 aliphatic heterocycles. The topological polar surface area (TPSA) is 80.6 Å². The fraction of sp³-hybridized carbons (Fsp3) is 0.286. The summed E-state index contributed by atoms with van der Waals surface area (Å²) < 4.78 is 34.0. The Bertz CT molecular complexity index is 1150. The van der Waals surface area contributed by atoms with Gasteiger partial charge in [-0.15, -0.1) is 11.8 Å². The minimum Gasteiger partial charge on any atom is -0.379 e. The van der Waals surface area contributed by atoms with Crippen LogP contribution in [0.1, 0.15) is 16.1 Å². The second-order valence-electron chi connectivity index (χ2n) is 7.06. The van der Waals surface area contributed by atoms with Crippen LogP contribution in [0.3, 0.4) is 0 Å². The number of rotatable bonds is 7. The number of benzene rings is 1. The minimum atomic E-state index is -3.66. The zero-order valence-electron chi connectivity index (χ0n) is 17.0. The van der Waals surface area contributed by atoms with Crippen molar-refractivity contribution in [3.8, 4) is 0 Å². The van der Waals surface area contributed by atoms with Gasteiger partial charge in [-0.3, -0.25) is 4.79 Å². The number of amides is 1. The Morgan fingerprint density at radius 3 is 2.74 bits per heavy atom. The van der Waals surface area contributed by atoms with Crippen molar-refractivity contribution in [3.63, 3.8) is 0 Å². The SMILES string of the molecule is Cn1cc(S(=O)(=O)N2CCOCC2)cc1C(=O)Nc1ccccc1SCc1ccsc1. The number of aryl methyl sites for hydroxylation is 1. The molecule has 1 aliphatic rings. The lowest BCUT2D eigenvalue weighted by Gasteiger charge is -2.25. The number of para-hydroxylation sites is 1. The molecule has 7 nitrogen and oxygen atoms in total. The van der Waals surface area contributed by atoms with Gasteiger partial charge in [-0.2, -0.15) is 15.6 Å². The van der Waals surface area contributed by atoms with Gasteiger partial charge >= 0.3 is 0 Å². The third-order valence-corrected chi connectivity index (χ3v) is 8.67. The van der Waals surface area contributed by atoms with Crippen molar-refractivity contribution in [2.45, 2.75) is 15.5 Å². The van der Waals surface area contributed by atoms with E-state index in [1.165, 1.54) is 22.1 Å². The first-order chi connectivity index (χ1) is 14.9. The maximum absolute atomic E-state index is 13.0. The molecule has 4 rings (SSSR count). The van der Waals surface area contributed by atoms with E-state index in [4.69, 9.17) is 4.74 Å². The summed E-state index contributed by atoms with van der Waals surface area (Å²) in [5, 5.41) is 7.08. The third-order valence-electron chi connectivity index (χ3n) is 4.93. The van der Waals surface area contributed by atoms with Gasteiger partial charge in [0.15, 0.2) is 0 Å². The number of morpholine rings is 1. The molecule has 0 saturated carbocycles. The van der Waals surface area contributed by atoms with Crippen LogP contribution in [0.4, 0.5) is 5.69 Å². The van der Waals surface area contributed by atoms with Gasteiger partial charge in [0.05, 0.1) is 18.9 Å². The van der Waals surface area contributed by atoms with Crippen LogP contribution in [0.25, 0.3) is 0 Å². The minimum absolute atomic E-state index is 0.113. The van der Waals surface area contributed by atoms with Crippen LogP contribution in [0.5, 0.6) is 0 Å². The highest BCUT2D eigenvalue weighted by atomic mass is 32.2. The maximum atomic E-state index is 13.0. The second-order valence-corrected chi connectivity index (χ2v) is 10.8. The molecule has 1 saturated heterocycles. The van der Waals surface area contributed by atoms with Crippen molar-refractivity contribution in [2.75, 3.05) is 31.6 Å². The average Bonchev–Trinajstić information content (AvgIpc) is 3.44. The first-order valence-corrected chi connectivity index (χ1v) is 13.1. The number of thioether (sulfide) groups is 1. The Balaban J connectivity index is 1.51. The maximum Gasteiger partial charge on any atom is 0.272 e. The summed E-state index contributed by atoms with van der Waals surface area (Å²) in [7, 11) is -1.99. The molecule has 0 aliphatic carbocycles. The van der Waals surface area contributed by atoms with Crippen molar-refractivity contribution in [1.82, 2.24) is 8.87 Å². The molecule has 31 heavy (non-hydrogen) atoms. The number of carbonyl (C=O) groups is 1. The molecule has 0 spiro atoms. The summed E-state index contributed by atoms with van der Waals surface area (Å²) in [6.45, 7) is 1.37. The number of nitrogens with zero attached hydrogens (tertiary/aromatic N) is 2. The van der Waals surface area contributed by atoms with Gasteiger partial charge in [0.1, 0.15) is 10.6 Å². The van der Waals surface area contributed by atoms with E-state index in [0.717, 1.165) is 10.6 Å². The molecule has 0 radical (unpaired) electrons. The van der Waals surface area contributed by atoms with Gasteiger partial charge in [-0.05, 0) is 40.6 Å². The first kappa shape index (κ1) is 22.1. The van der Waals surface area contributed by atoms with Crippen LogP contribution in [-0.4, -0.2) is 49.5 Å². The molecule has 2 aromatic heterocycles. The lowest BCUT2D eigenvalue weighted by atomic mass is 10.3. The highest BCUT2D eigenvalue weighted by Crippen LogP contribution is 2.31. The van der Waals surface area contributed by atoms with Gasteiger partial charge < -0.3 is 14.6 Å². The molecule has 164 valence electrons. The molecule has 0 bridgehead atoms. The molecule has 10 heteroatoms. The quantitative estimate of drug-likeness (QED) is 0.526. The monoisotopic (exact) mass is 477 g/mol. The van der Waals surface area contributed by atoms with E-state index >= 15 is 0 Å². The summed E-state index contributed by atoms with van der Waals surface area (Å²) in [5.41, 5.74) is 2.22. The summed E-state index contributed by atoms with van der Waals surface area (Å²) in [6, 6.07) is 11.1. The van der Waals surface area contributed by atoms with Gasteiger partial charge in [-0.1, -0.05) is 12.1 Å². The van der Waals surface area contributed by atoms with Crippen LogP contribution in [0, 0.1) is 0 Å². The van der Waals surface area contributed by atoms with Crippen molar-refractivity contribution in [2.24, 2.45) is 7.05 Å². The summed E-state index contributed by atoms with van der Waals surface area (Å²) in [6.07, 6.45) is 1.48. The molecule has 1 fully saturated rings. The number of thiophene rings is 1. The Kier molecular flexibility index (Phi) is 6.83. The highest BCUT2D eigenvalue weighted by molar-refractivity contribution is 7.98. The lowest BCUT2D eigenvalue weighted by molar-refractivity contribution is 0.0730. The lowest BCUT2D eigenvalue weighted by Crippen LogP contribution is -2.40. The standard InChI is InChI=1S/C21H23N3O4S3/c1-23-13-17(31(26,27)24-7-9-28-10-8-24)12-19(23)21(25)22-18-4-2-3-5-20(18)30-15-16-6-11-29-14-16/h2-6,11-14H,7-10,15H2,1H3,(H,22,25). The molecular weight excluding hydrogens is 454 g/mol. The summed E-state index contributed by atoms with van der Waals surface area (Å²) in [5.74, 6) is 0.456. The Hall–Kier alpha value is -2.11. The van der Waals surface area contributed by atoms with Crippen molar-refractivity contribution in [1.29, 1.82) is 0 Å². The first-order valence-electron chi connectivity index (χ1n) is 9.73. The van der Waals surface area contributed by atoms with Gasteiger partial charge in [0, 0.05) is 37.0 Å². The molecule has 1 N–H and O–H groups in total. The molecule has 3 heterocycles. The number of carbonyl (C=O) groups excluding carboxylic acids is 1. The van der Waals surface area contributed by atoms with Crippen LogP contribution in [-0.2, 0) is 27.6 Å². The molecule has 3 aromatic rings. The van der Waals surface area contributed by atoms with E-state index < -0.39 is 10.0 Å². The van der Waals surface area contributed by atoms with E-state index in [1.807, 2.05) is 29.6 Å². The number of hydrogen-bond acceptors (Lipinski definition) is 6. The zero-order valence-corrected chi connectivity index (χ0v) is 19.4. The number of nitrogens with one attached hydrogen (secondary N) is 1. The summed E-state index contributed by atoms with van der Waals surface area (Å²) >= 11 is 3.30. The molecule has 1 amide bonds. The van der Waals surface area contributed by atoms with Crippen LogP contribution < -0.4 is 5.32 Å². The number of anilines is 1. The van der Waals surface area contributed by atoms with Crippen molar-refractivity contribution < 1.29 is 17.9 Å². The number of sulfonamides is 1. The van der Waals surface area contributed by atoms with E-state index in [-0.39, 0.29) is 16.5 Å². The van der Waals surface area contributed by atoms with E-state index in [1.54, 1.807) is 34.7 Å². The van der Waals surface area contributed by atoms with E-state index in [0.29, 0.717) is 32.0 Å². The molecule has 1 aromatic carbocycles. The highest BCUT2D eigenvalue weighted by Gasteiger charge is 2.29. The number of aromatic nitrogens is 1. The molecule has 0 unspecified atom stereocenters. The second kappa shape index (κ2) is 9.58. The molecule has 0 atom stereocenters. The van der Waals surface area contributed by atoms with Gasteiger partial charge in [-0.25, -0.2) is 8.42 Å². The normalized spacial score (nSPS) is 15.1. The fourth-order valence-electron chi connectivity index (χ4n) is 3.26. The Labute approximate surface area is 190 Å². The van der Waals surface area contributed by atoms with Gasteiger partial charge in [0.25, 0.3) is 5.91 Å². The molecular formula is C21H23N3O4S3. The van der Waals surface area contributed by atoms with Crippen LogP contribution in [0.15, 0.2) is 63.1 Å². The smallest absolute Gasteiger partial charge is 0.272 e. The van der Waals surface area contributed by atoms with Crippen LogP contribution >= 0.6 is 23.1 Å². The predicted octanol–water partition coefficient (Wildman–Crippen LogP) is 3.65. The fourth-order valence-corrected chi connectivity index (χ4v) is 6.46. The van der Waals surface area contributed by atoms with Crippen molar-refractivity contribution in [3.05, 3.63) is 64.6 Å².